The lowest BCUT2D eigenvalue weighted by atomic mass is 9.98. The molecule has 1 amide bonds. The van der Waals surface area contributed by atoms with Crippen molar-refractivity contribution in [3.63, 3.8) is 0 Å². The van der Waals surface area contributed by atoms with E-state index in [0.717, 1.165) is 24.3 Å². The van der Waals surface area contributed by atoms with Crippen LogP contribution in [0.2, 0.25) is 0 Å². The maximum Gasteiger partial charge on any atom is 0.227 e. The van der Waals surface area contributed by atoms with Crippen LogP contribution in [0.4, 0.5) is 5.69 Å². The standard InChI is InChI=1S/C16H24N2O/c1-3-15(9-12-7-8-12)18-16(19)11(2)13-5-4-6-14(17)10-13/h4-6,10-12,15H,3,7-9,17H2,1-2H3,(H,18,19). The van der Waals surface area contributed by atoms with E-state index in [1.165, 1.54) is 12.8 Å². The molecule has 0 saturated heterocycles. The molecule has 0 aromatic heterocycles. The monoisotopic (exact) mass is 260 g/mol. The van der Waals surface area contributed by atoms with Crippen molar-refractivity contribution in [1.29, 1.82) is 0 Å². The number of nitrogens with one attached hydrogen (secondary N) is 1. The summed E-state index contributed by atoms with van der Waals surface area (Å²) < 4.78 is 0. The average Bonchev–Trinajstić information content (AvgIpc) is 3.20. The smallest absolute Gasteiger partial charge is 0.227 e. The summed E-state index contributed by atoms with van der Waals surface area (Å²) in [7, 11) is 0. The first-order valence-corrected chi connectivity index (χ1v) is 7.26. The lowest BCUT2D eigenvalue weighted by Gasteiger charge is -2.20. The zero-order valence-corrected chi connectivity index (χ0v) is 11.9. The van der Waals surface area contributed by atoms with Crippen molar-refractivity contribution in [2.24, 2.45) is 5.92 Å². The number of nitrogens with two attached hydrogens (primary N) is 1. The van der Waals surface area contributed by atoms with E-state index in [1.807, 2.05) is 31.2 Å². The second kappa shape index (κ2) is 6.09. The number of amides is 1. The quantitative estimate of drug-likeness (QED) is 0.772. The fraction of sp³-hybridized carbons (Fsp3) is 0.562. The molecule has 19 heavy (non-hydrogen) atoms. The summed E-state index contributed by atoms with van der Waals surface area (Å²) in [6, 6.07) is 7.91. The summed E-state index contributed by atoms with van der Waals surface area (Å²) in [5.41, 5.74) is 7.46. The van der Waals surface area contributed by atoms with Crippen molar-refractivity contribution in [2.45, 2.75) is 51.5 Å². The molecule has 1 aliphatic carbocycles. The molecule has 104 valence electrons. The molecular weight excluding hydrogens is 236 g/mol. The van der Waals surface area contributed by atoms with Gasteiger partial charge in [0.1, 0.15) is 0 Å². The highest BCUT2D eigenvalue weighted by Gasteiger charge is 2.26. The van der Waals surface area contributed by atoms with Crippen LogP contribution in [0.25, 0.3) is 0 Å². The minimum atomic E-state index is -0.142. The number of hydrogen-bond acceptors (Lipinski definition) is 2. The Kier molecular flexibility index (Phi) is 4.46. The Morgan fingerprint density at radius 1 is 1.47 bits per heavy atom. The van der Waals surface area contributed by atoms with Gasteiger partial charge in [0.2, 0.25) is 5.91 Å². The normalized spacial score (nSPS) is 17.8. The number of hydrogen-bond donors (Lipinski definition) is 2. The van der Waals surface area contributed by atoms with E-state index in [0.29, 0.717) is 11.7 Å². The number of rotatable bonds is 6. The summed E-state index contributed by atoms with van der Waals surface area (Å²) in [5.74, 6) is 0.808. The Hall–Kier alpha value is -1.51. The Bertz CT molecular complexity index is 440. The number of carbonyl (C=O) groups is 1. The van der Waals surface area contributed by atoms with Gasteiger partial charge in [0, 0.05) is 11.7 Å². The first kappa shape index (κ1) is 13.9. The molecule has 0 spiro atoms. The Morgan fingerprint density at radius 2 is 2.21 bits per heavy atom. The Labute approximate surface area is 115 Å². The fourth-order valence-electron chi connectivity index (χ4n) is 2.39. The molecule has 0 radical (unpaired) electrons. The average molecular weight is 260 g/mol. The summed E-state index contributed by atoms with van der Waals surface area (Å²) in [4.78, 5) is 12.3. The van der Waals surface area contributed by atoms with E-state index in [2.05, 4.69) is 12.2 Å². The van der Waals surface area contributed by atoms with Crippen LogP contribution in [0.15, 0.2) is 24.3 Å². The van der Waals surface area contributed by atoms with Gasteiger partial charge in [-0.05, 0) is 43.4 Å². The van der Waals surface area contributed by atoms with Crippen molar-refractivity contribution in [2.75, 3.05) is 5.73 Å². The van der Waals surface area contributed by atoms with Gasteiger partial charge < -0.3 is 11.1 Å². The fourth-order valence-corrected chi connectivity index (χ4v) is 2.39. The van der Waals surface area contributed by atoms with Crippen LogP contribution < -0.4 is 11.1 Å². The third kappa shape index (κ3) is 3.98. The Balaban J connectivity index is 1.93. The van der Waals surface area contributed by atoms with Crippen LogP contribution in [0.3, 0.4) is 0 Å². The van der Waals surface area contributed by atoms with Gasteiger partial charge in [-0.3, -0.25) is 4.79 Å². The second-order valence-corrected chi connectivity index (χ2v) is 5.68. The molecule has 1 saturated carbocycles. The molecule has 2 unspecified atom stereocenters. The largest absolute Gasteiger partial charge is 0.399 e. The number of nitrogen functional groups attached to an aromatic ring is 1. The molecule has 2 rings (SSSR count). The van der Waals surface area contributed by atoms with Crippen molar-refractivity contribution >= 4 is 11.6 Å². The van der Waals surface area contributed by atoms with Crippen molar-refractivity contribution < 1.29 is 4.79 Å². The van der Waals surface area contributed by atoms with Crippen LogP contribution in [0, 0.1) is 5.92 Å². The first-order valence-electron chi connectivity index (χ1n) is 7.26. The van der Waals surface area contributed by atoms with Gasteiger partial charge in [0.15, 0.2) is 0 Å². The molecule has 1 fully saturated rings. The maximum atomic E-state index is 12.3. The van der Waals surface area contributed by atoms with Gasteiger partial charge in [-0.15, -0.1) is 0 Å². The van der Waals surface area contributed by atoms with Crippen LogP contribution in [-0.4, -0.2) is 11.9 Å². The van der Waals surface area contributed by atoms with Gasteiger partial charge in [-0.2, -0.15) is 0 Å². The molecule has 3 nitrogen and oxygen atoms in total. The van der Waals surface area contributed by atoms with E-state index >= 15 is 0 Å². The molecular formula is C16H24N2O. The highest BCUT2D eigenvalue weighted by atomic mass is 16.1. The molecule has 3 heteroatoms. The zero-order valence-electron chi connectivity index (χ0n) is 11.9. The number of carbonyl (C=O) groups excluding carboxylic acids is 1. The first-order chi connectivity index (χ1) is 9.10. The summed E-state index contributed by atoms with van der Waals surface area (Å²) in [6.45, 7) is 4.08. The summed E-state index contributed by atoms with van der Waals surface area (Å²) in [6.07, 6.45) is 4.80. The molecule has 2 atom stereocenters. The number of benzene rings is 1. The van der Waals surface area contributed by atoms with Crippen molar-refractivity contribution in [3.8, 4) is 0 Å². The lowest BCUT2D eigenvalue weighted by Crippen LogP contribution is -2.37. The van der Waals surface area contributed by atoms with E-state index in [9.17, 15) is 4.79 Å². The van der Waals surface area contributed by atoms with E-state index in [-0.39, 0.29) is 11.8 Å². The van der Waals surface area contributed by atoms with Crippen LogP contribution in [-0.2, 0) is 4.79 Å². The van der Waals surface area contributed by atoms with E-state index in [1.54, 1.807) is 0 Å². The molecule has 0 aliphatic heterocycles. The molecule has 0 bridgehead atoms. The minimum Gasteiger partial charge on any atom is -0.399 e. The summed E-state index contributed by atoms with van der Waals surface area (Å²) in [5, 5.41) is 3.18. The van der Waals surface area contributed by atoms with Gasteiger partial charge in [0.25, 0.3) is 0 Å². The van der Waals surface area contributed by atoms with E-state index < -0.39 is 0 Å². The second-order valence-electron chi connectivity index (χ2n) is 5.68. The van der Waals surface area contributed by atoms with Gasteiger partial charge in [-0.25, -0.2) is 0 Å². The lowest BCUT2D eigenvalue weighted by molar-refractivity contribution is -0.123. The molecule has 1 aromatic carbocycles. The Morgan fingerprint density at radius 3 is 2.79 bits per heavy atom. The van der Waals surface area contributed by atoms with Crippen molar-refractivity contribution in [3.05, 3.63) is 29.8 Å². The maximum absolute atomic E-state index is 12.3. The zero-order chi connectivity index (χ0) is 13.8. The molecule has 1 aliphatic rings. The molecule has 0 heterocycles. The predicted octanol–water partition coefficient (Wildman–Crippen LogP) is 3.07. The molecule has 1 aromatic rings. The SMILES string of the molecule is CCC(CC1CC1)NC(=O)C(C)c1cccc(N)c1. The van der Waals surface area contributed by atoms with Gasteiger partial charge in [-0.1, -0.05) is 31.9 Å². The van der Waals surface area contributed by atoms with Crippen LogP contribution >= 0.6 is 0 Å². The van der Waals surface area contributed by atoms with Crippen LogP contribution in [0.5, 0.6) is 0 Å². The predicted molar refractivity (Wildman–Crippen MR) is 78.8 cm³/mol. The van der Waals surface area contributed by atoms with Crippen molar-refractivity contribution in [1.82, 2.24) is 5.32 Å². The number of anilines is 1. The minimum absolute atomic E-state index is 0.109. The van der Waals surface area contributed by atoms with Gasteiger partial charge >= 0.3 is 0 Å². The summed E-state index contributed by atoms with van der Waals surface area (Å²) >= 11 is 0. The van der Waals surface area contributed by atoms with Gasteiger partial charge in [0.05, 0.1) is 5.92 Å². The van der Waals surface area contributed by atoms with E-state index in [4.69, 9.17) is 5.73 Å². The third-order valence-electron chi connectivity index (χ3n) is 3.96. The highest BCUT2D eigenvalue weighted by molar-refractivity contribution is 5.83. The topological polar surface area (TPSA) is 55.1 Å². The highest BCUT2D eigenvalue weighted by Crippen LogP contribution is 2.34. The third-order valence-corrected chi connectivity index (χ3v) is 3.96. The molecule has 3 N–H and O–H groups in total. The van der Waals surface area contributed by atoms with Crippen LogP contribution in [0.1, 0.15) is 51.0 Å².